The summed E-state index contributed by atoms with van der Waals surface area (Å²) in [5, 5.41) is 5.55. The molecule has 0 radical (unpaired) electrons. The minimum Gasteiger partial charge on any atom is -0.233 e. The Morgan fingerprint density at radius 3 is 2.40 bits per heavy atom. The highest BCUT2D eigenvalue weighted by Gasteiger charge is 2.08. The normalized spacial score (nSPS) is 11.2. The summed E-state index contributed by atoms with van der Waals surface area (Å²) in [5.41, 5.74) is 4.84. The standard InChI is InChI=1S/C21H17FN2S/c1-14-11-18(6-9-20(14)22)24-21-10-5-16(12-17(21)13-23-24)15-3-7-19(25-2)8-4-15/h3-13H,1-2H3. The largest absolute Gasteiger partial charge is 0.233 e. The minimum absolute atomic E-state index is 0.198. The molecule has 1 aromatic heterocycles. The molecule has 0 N–H and O–H groups in total. The molecule has 0 amide bonds. The highest BCUT2D eigenvalue weighted by molar-refractivity contribution is 7.98. The van der Waals surface area contributed by atoms with E-state index in [1.54, 1.807) is 24.8 Å². The average Bonchev–Trinajstić information content (AvgIpc) is 3.07. The van der Waals surface area contributed by atoms with Crippen LogP contribution in [0.1, 0.15) is 5.56 Å². The summed E-state index contributed by atoms with van der Waals surface area (Å²) in [6, 6.07) is 19.9. The topological polar surface area (TPSA) is 17.8 Å². The van der Waals surface area contributed by atoms with E-state index in [2.05, 4.69) is 53.8 Å². The molecule has 4 heteroatoms. The number of hydrogen-bond acceptors (Lipinski definition) is 2. The van der Waals surface area contributed by atoms with E-state index < -0.39 is 0 Å². The number of halogens is 1. The van der Waals surface area contributed by atoms with Gasteiger partial charge in [-0.25, -0.2) is 9.07 Å². The van der Waals surface area contributed by atoms with Crippen molar-refractivity contribution in [2.45, 2.75) is 11.8 Å². The monoisotopic (exact) mass is 348 g/mol. The number of aryl methyl sites for hydroxylation is 1. The predicted molar refractivity (Wildman–Crippen MR) is 103 cm³/mol. The van der Waals surface area contributed by atoms with Gasteiger partial charge in [-0.15, -0.1) is 11.8 Å². The first-order valence-electron chi connectivity index (χ1n) is 8.04. The molecule has 2 nitrogen and oxygen atoms in total. The molecule has 0 aliphatic heterocycles. The number of benzene rings is 3. The number of aromatic nitrogens is 2. The summed E-state index contributed by atoms with van der Waals surface area (Å²) in [4.78, 5) is 1.25. The van der Waals surface area contributed by atoms with Gasteiger partial charge in [-0.3, -0.25) is 0 Å². The van der Waals surface area contributed by atoms with Crippen LogP contribution < -0.4 is 0 Å². The third-order valence-corrected chi connectivity index (χ3v) is 5.12. The number of rotatable bonds is 3. The molecule has 1 heterocycles. The lowest BCUT2D eigenvalue weighted by atomic mass is 10.0. The van der Waals surface area contributed by atoms with Gasteiger partial charge in [0.2, 0.25) is 0 Å². The van der Waals surface area contributed by atoms with E-state index in [0.717, 1.165) is 22.2 Å². The van der Waals surface area contributed by atoms with Gasteiger partial charge in [-0.2, -0.15) is 5.10 Å². The van der Waals surface area contributed by atoms with Crippen LogP contribution in [0.25, 0.3) is 27.7 Å². The molecule has 0 saturated heterocycles. The van der Waals surface area contributed by atoms with E-state index in [9.17, 15) is 4.39 Å². The molecule has 0 atom stereocenters. The Kier molecular flexibility index (Phi) is 4.06. The number of fused-ring (bicyclic) bond motifs is 1. The molecule has 3 aromatic carbocycles. The fourth-order valence-corrected chi connectivity index (χ4v) is 3.37. The second kappa shape index (κ2) is 6.37. The summed E-state index contributed by atoms with van der Waals surface area (Å²) in [7, 11) is 0. The zero-order chi connectivity index (χ0) is 17.4. The molecule has 0 aliphatic carbocycles. The van der Waals surface area contributed by atoms with Gasteiger partial charge in [-0.1, -0.05) is 18.2 Å². The predicted octanol–water partition coefficient (Wildman–Crippen LogP) is 5.86. The maximum atomic E-state index is 13.5. The molecule has 0 bridgehead atoms. The van der Waals surface area contributed by atoms with Crippen LogP contribution in [0.3, 0.4) is 0 Å². The maximum absolute atomic E-state index is 13.5. The van der Waals surface area contributed by atoms with Crippen LogP contribution in [-0.2, 0) is 0 Å². The van der Waals surface area contributed by atoms with Gasteiger partial charge in [0.05, 0.1) is 17.4 Å². The lowest BCUT2D eigenvalue weighted by molar-refractivity contribution is 0.617. The van der Waals surface area contributed by atoms with Crippen molar-refractivity contribution < 1.29 is 4.39 Å². The molecule has 0 spiro atoms. The van der Waals surface area contributed by atoms with Gasteiger partial charge >= 0.3 is 0 Å². The fourth-order valence-electron chi connectivity index (χ4n) is 2.96. The highest BCUT2D eigenvalue weighted by atomic mass is 32.2. The Labute approximate surface area is 150 Å². The lowest BCUT2D eigenvalue weighted by Crippen LogP contribution is -1.97. The molecular formula is C21H17FN2S. The third kappa shape index (κ3) is 2.94. The van der Waals surface area contributed by atoms with Crippen LogP contribution in [0.5, 0.6) is 0 Å². The minimum atomic E-state index is -0.198. The zero-order valence-electron chi connectivity index (χ0n) is 14.0. The Morgan fingerprint density at radius 2 is 1.68 bits per heavy atom. The Morgan fingerprint density at radius 1 is 0.920 bits per heavy atom. The SMILES string of the molecule is CSc1ccc(-c2ccc3c(cnn3-c3ccc(F)c(C)c3)c2)cc1. The van der Waals surface area contributed by atoms with Crippen LogP contribution in [0.15, 0.2) is 71.8 Å². The summed E-state index contributed by atoms with van der Waals surface area (Å²) in [6.07, 6.45) is 3.93. The number of nitrogens with zero attached hydrogens (tertiary/aromatic N) is 2. The van der Waals surface area contributed by atoms with Crippen molar-refractivity contribution in [1.29, 1.82) is 0 Å². The van der Waals surface area contributed by atoms with Crippen molar-refractivity contribution in [3.63, 3.8) is 0 Å². The van der Waals surface area contributed by atoms with Crippen molar-refractivity contribution in [3.8, 4) is 16.8 Å². The van der Waals surface area contributed by atoms with Gasteiger partial charge in [0.15, 0.2) is 0 Å². The Balaban J connectivity index is 1.76. The highest BCUT2D eigenvalue weighted by Crippen LogP contribution is 2.27. The van der Waals surface area contributed by atoms with Gasteiger partial charge in [0.1, 0.15) is 5.82 Å². The Hall–Kier alpha value is -2.59. The molecule has 4 rings (SSSR count). The second-order valence-corrected chi connectivity index (χ2v) is 6.87. The van der Waals surface area contributed by atoms with E-state index >= 15 is 0 Å². The summed E-state index contributed by atoms with van der Waals surface area (Å²) in [6.45, 7) is 1.76. The third-order valence-electron chi connectivity index (χ3n) is 4.38. The molecule has 0 saturated carbocycles. The van der Waals surface area contributed by atoms with Gasteiger partial charge in [0.25, 0.3) is 0 Å². The van der Waals surface area contributed by atoms with Crippen molar-refractivity contribution in [2.24, 2.45) is 0 Å². The van der Waals surface area contributed by atoms with E-state index in [-0.39, 0.29) is 5.82 Å². The van der Waals surface area contributed by atoms with Crippen LogP contribution in [0, 0.1) is 12.7 Å². The summed E-state index contributed by atoms with van der Waals surface area (Å²) in [5.74, 6) is -0.198. The maximum Gasteiger partial charge on any atom is 0.126 e. The van der Waals surface area contributed by atoms with E-state index in [1.165, 1.54) is 16.5 Å². The Bertz CT molecular complexity index is 1050. The van der Waals surface area contributed by atoms with Crippen LogP contribution in [-0.4, -0.2) is 16.0 Å². The van der Waals surface area contributed by atoms with Crippen molar-refractivity contribution in [3.05, 3.63) is 78.2 Å². The van der Waals surface area contributed by atoms with Gasteiger partial charge < -0.3 is 0 Å². The molecule has 25 heavy (non-hydrogen) atoms. The fraction of sp³-hybridized carbons (Fsp3) is 0.0952. The van der Waals surface area contributed by atoms with E-state index in [1.807, 2.05) is 16.9 Å². The molecule has 0 unspecified atom stereocenters. The molecular weight excluding hydrogens is 331 g/mol. The summed E-state index contributed by atoms with van der Waals surface area (Å²) >= 11 is 1.74. The number of thioether (sulfide) groups is 1. The van der Waals surface area contributed by atoms with Crippen LogP contribution in [0.2, 0.25) is 0 Å². The van der Waals surface area contributed by atoms with Crippen molar-refractivity contribution >= 4 is 22.7 Å². The van der Waals surface area contributed by atoms with E-state index in [4.69, 9.17) is 0 Å². The van der Waals surface area contributed by atoms with Crippen molar-refractivity contribution in [2.75, 3.05) is 6.26 Å². The smallest absolute Gasteiger partial charge is 0.126 e. The lowest BCUT2D eigenvalue weighted by Gasteiger charge is -2.07. The van der Waals surface area contributed by atoms with Crippen LogP contribution in [0.4, 0.5) is 4.39 Å². The molecule has 0 fully saturated rings. The van der Waals surface area contributed by atoms with Gasteiger partial charge in [0, 0.05) is 10.3 Å². The van der Waals surface area contributed by atoms with E-state index in [0.29, 0.717) is 5.56 Å². The zero-order valence-corrected chi connectivity index (χ0v) is 14.8. The quantitative estimate of drug-likeness (QED) is 0.431. The molecule has 4 aromatic rings. The first-order chi connectivity index (χ1) is 12.2. The number of hydrogen-bond donors (Lipinski definition) is 0. The van der Waals surface area contributed by atoms with Crippen molar-refractivity contribution in [1.82, 2.24) is 9.78 Å². The molecule has 124 valence electrons. The summed E-state index contributed by atoms with van der Waals surface area (Å²) < 4.78 is 15.4. The average molecular weight is 348 g/mol. The first-order valence-corrected chi connectivity index (χ1v) is 9.27. The second-order valence-electron chi connectivity index (χ2n) is 5.99. The van der Waals surface area contributed by atoms with Crippen LogP contribution >= 0.6 is 11.8 Å². The van der Waals surface area contributed by atoms with Gasteiger partial charge in [-0.05, 0) is 72.3 Å². The molecule has 0 aliphatic rings. The first kappa shape index (κ1) is 15.9.